The summed E-state index contributed by atoms with van der Waals surface area (Å²) in [7, 11) is 0. The first-order chi connectivity index (χ1) is 17.3. The van der Waals surface area contributed by atoms with E-state index in [1.165, 1.54) is 21.9 Å². The van der Waals surface area contributed by atoms with Gasteiger partial charge in [-0.2, -0.15) is 0 Å². The lowest BCUT2D eigenvalue weighted by molar-refractivity contribution is 0.871. The van der Waals surface area contributed by atoms with E-state index in [2.05, 4.69) is 89.5 Å². The van der Waals surface area contributed by atoms with Gasteiger partial charge in [0, 0.05) is 10.8 Å². The van der Waals surface area contributed by atoms with Gasteiger partial charge in [-0.25, -0.2) is 4.99 Å². The van der Waals surface area contributed by atoms with E-state index >= 15 is 0 Å². The molecule has 0 amide bonds. The van der Waals surface area contributed by atoms with Crippen LogP contribution in [0.2, 0.25) is 0 Å². The zero-order valence-corrected chi connectivity index (χ0v) is 19.3. The predicted octanol–water partition coefficient (Wildman–Crippen LogP) is 7.72. The molecule has 6 aromatic rings. The van der Waals surface area contributed by atoms with Gasteiger partial charge >= 0.3 is 0 Å². The van der Waals surface area contributed by atoms with Crippen molar-refractivity contribution in [2.75, 3.05) is 0 Å². The van der Waals surface area contributed by atoms with Crippen LogP contribution in [-0.2, 0) is 0 Å². The molecule has 1 unspecified atom stereocenters. The highest BCUT2D eigenvalue weighted by Crippen LogP contribution is 2.33. The molecule has 2 N–H and O–H groups in total. The number of aliphatic imine (C=N–C) groups is 1. The third-order valence-corrected chi connectivity index (χ3v) is 6.56. The van der Waals surface area contributed by atoms with E-state index in [0.29, 0.717) is 0 Å². The summed E-state index contributed by atoms with van der Waals surface area (Å²) < 4.78 is 2.17. The minimum absolute atomic E-state index is 0.240. The van der Waals surface area contributed by atoms with Crippen LogP contribution in [0.1, 0.15) is 17.2 Å². The fourth-order valence-corrected chi connectivity index (χ4v) is 4.77. The van der Waals surface area contributed by atoms with Crippen LogP contribution in [0.5, 0.6) is 0 Å². The zero-order valence-electron chi connectivity index (χ0n) is 19.3. The monoisotopic (exact) mass is 451 g/mol. The largest absolute Gasteiger partial charge is 0.320 e. The van der Waals surface area contributed by atoms with E-state index in [1.54, 1.807) is 0 Å². The lowest BCUT2D eigenvalue weighted by Crippen LogP contribution is -2.11. The van der Waals surface area contributed by atoms with Crippen molar-refractivity contribution in [2.24, 2.45) is 10.7 Å². The molecular formula is C32H25N3. The fraction of sp³-hybridized carbons (Fsp3) is 0.0312. The quantitative estimate of drug-likeness (QED) is 0.212. The van der Waals surface area contributed by atoms with Crippen LogP contribution in [0.3, 0.4) is 0 Å². The summed E-state index contributed by atoms with van der Waals surface area (Å²) in [5.41, 5.74) is 14.2. The van der Waals surface area contributed by atoms with Gasteiger partial charge in [0.25, 0.3) is 0 Å². The standard InChI is InChI=1S/C32H25N3/c33-32(24-13-5-2-6-14-24)27-16-7-9-17-29(27)34-22-35-30-18-10-8-15-26(30)28-21-25(19-20-31(28)35)23-11-3-1-4-12-23/h1-22,32H,33H2/b34-22+. The Morgan fingerprint density at radius 1 is 0.600 bits per heavy atom. The summed E-state index contributed by atoms with van der Waals surface area (Å²) in [6.45, 7) is 0. The van der Waals surface area contributed by atoms with Crippen LogP contribution in [-0.4, -0.2) is 10.9 Å². The number of benzene rings is 5. The summed E-state index contributed by atoms with van der Waals surface area (Å²) >= 11 is 0. The molecule has 0 bridgehead atoms. The lowest BCUT2D eigenvalue weighted by Gasteiger charge is -2.14. The SMILES string of the molecule is NC(c1ccccc1)c1ccccc1/N=C/n1c2ccccc2c2cc(-c3ccccc3)ccc21. The van der Waals surface area contributed by atoms with Gasteiger partial charge in [0.15, 0.2) is 0 Å². The molecule has 1 aromatic heterocycles. The van der Waals surface area contributed by atoms with Gasteiger partial charge in [-0.3, -0.25) is 4.57 Å². The van der Waals surface area contributed by atoms with Crippen molar-refractivity contribution in [1.82, 2.24) is 4.57 Å². The van der Waals surface area contributed by atoms with E-state index in [9.17, 15) is 0 Å². The van der Waals surface area contributed by atoms with Crippen LogP contribution < -0.4 is 5.73 Å². The molecule has 0 spiro atoms. The molecule has 1 atom stereocenters. The molecule has 168 valence electrons. The second-order valence-corrected chi connectivity index (χ2v) is 8.68. The molecule has 3 heteroatoms. The average Bonchev–Trinajstić information content (AvgIpc) is 3.25. The van der Waals surface area contributed by atoms with Gasteiger partial charge < -0.3 is 5.73 Å². The number of hydrogen-bond acceptors (Lipinski definition) is 2. The third kappa shape index (κ3) is 3.92. The number of nitrogens with zero attached hydrogens (tertiary/aromatic N) is 2. The molecule has 0 fully saturated rings. The van der Waals surface area contributed by atoms with Gasteiger partial charge in [0.1, 0.15) is 6.34 Å². The maximum absolute atomic E-state index is 6.64. The van der Waals surface area contributed by atoms with Gasteiger partial charge in [-0.15, -0.1) is 0 Å². The smallest absolute Gasteiger partial charge is 0.100 e. The Kier molecular flexibility index (Phi) is 5.45. The van der Waals surface area contributed by atoms with Crippen LogP contribution >= 0.6 is 0 Å². The van der Waals surface area contributed by atoms with Crippen LogP contribution in [0.4, 0.5) is 5.69 Å². The highest BCUT2D eigenvalue weighted by Gasteiger charge is 2.13. The molecule has 0 aliphatic heterocycles. The highest BCUT2D eigenvalue weighted by atomic mass is 15.0. The van der Waals surface area contributed by atoms with E-state index in [0.717, 1.165) is 27.8 Å². The molecule has 0 saturated carbocycles. The lowest BCUT2D eigenvalue weighted by atomic mass is 9.98. The Labute approximate surface area is 204 Å². The van der Waals surface area contributed by atoms with Gasteiger partial charge in [0.2, 0.25) is 0 Å². The Morgan fingerprint density at radius 3 is 2.09 bits per heavy atom. The second kappa shape index (κ2) is 9.05. The summed E-state index contributed by atoms with van der Waals surface area (Å²) in [4.78, 5) is 4.93. The molecule has 0 aliphatic carbocycles. The molecule has 0 aliphatic rings. The molecular weight excluding hydrogens is 426 g/mol. The Hall–Kier alpha value is -4.47. The first kappa shape index (κ1) is 21.1. The van der Waals surface area contributed by atoms with Crippen LogP contribution in [0.25, 0.3) is 32.9 Å². The van der Waals surface area contributed by atoms with Gasteiger partial charge in [0.05, 0.1) is 22.8 Å². The van der Waals surface area contributed by atoms with E-state index in [4.69, 9.17) is 10.7 Å². The number of para-hydroxylation sites is 2. The first-order valence-corrected chi connectivity index (χ1v) is 11.8. The average molecular weight is 452 g/mol. The normalized spacial score (nSPS) is 12.5. The topological polar surface area (TPSA) is 43.3 Å². The third-order valence-electron chi connectivity index (χ3n) is 6.56. The minimum Gasteiger partial charge on any atom is -0.320 e. The zero-order chi connectivity index (χ0) is 23.6. The number of aromatic nitrogens is 1. The highest BCUT2D eigenvalue weighted by molar-refractivity contribution is 6.12. The number of fused-ring (bicyclic) bond motifs is 3. The van der Waals surface area contributed by atoms with Gasteiger partial charge in [-0.05, 0) is 46.5 Å². The predicted molar refractivity (Wildman–Crippen MR) is 147 cm³/mol. The van der Waals surface area contributed by atoms with Crippen molar-refractivity contribution < 1.29 is 0 Å². The Bertz CT molecular complexity index is 1650. The number of hydrogen-bond donors (Lipinski definition) is 1. The Morgan fingerprint density at radius 2 is 1.26 bits per heavy atom. The van der Waals surface area contributed by atoms with E-state index in [1.807, 2.05) is 48.8 Å². The first-order valence-electron chi connectivity index (χ1n) is 11.8. The van der Waals surface area contributed by atoms with Crippen molar-refractivity contribution >= 4 is 33.8 Å². The fourth-order valence-electron chi connectivity index (χ4n) is 4.77. The molecule has 1 heterocycles. The second-order valence-electron chi connectivity index (χ2n) is 8.68. The molecule has 35 heavy (non-hydrogen) atoms. The maximum atomic E-state index is 6.64. The molecule has 0 saturated heterocycles. The van der Waals surface area contributed by atoms with Crippen molar-refractivity contribution in [3.05, 3.63) is 139 Å². The van der Waals surface area contributed by atoms with Crippen LogP contribution in [0, 0.1) is 0 Å². The maximum Gasteiger partial charge on any atom is 0.100 e. The van der Waals surface area contributed by atoms with Crippen molar-refractivity contribution in [2.45, 2.75) is 6.04 Å². The number of rotatable bonds is 5. The van der Waals surface area contributed by atoms with Crippen molar-refractivity contribution in [3.8, 4) is 11.1 Å². The van der Waals surface area contributed by atoms with Gasteiger partial charge in [-0.1, -0.05) is 103 Å². The summed E-state index contributed by atoms with van der Waals surface area (Å²) in [6, 6.07) is 43.6. The van der Waals surface area contributed by atoms with E-state index < -0.39 is 0 Å². The van der Waals surface area contributed by atoms with E-state index in [-0.39, 0.29) is 6.04 Å². The molecule has 3 nitrogen and oxygen atoms in total. The Balaban J connectivity index is 1.46. The molecule has 5 aromatic carbocycles. The summed E-state index contributed by atoms with van der Waals surface area (Å²) in [5.74, 6) is 0. The summed E-state index contributed by atoms with van der Waals surface area (Å²) in [5, 5.41) is 2.42. The van der Waals surface area contributed by atoms with Crippen molar-refractivity contribution in [3.63, 3.8) is 0 Å². The molecule has 6 rings (SSSR count). The van der Waals surface area contributed by atoms with Crippen LogP contribution in [0.15, 0.2) is 132 Å². The molecule has 0 radical (unpaired) electrons. The number of nitrogens with two attached hydrogens (primary N) is 1. The minimum atomic E-state index is -0.240. The van der Waals surface area contributed by atoms with Crippen molar-refractivity contribution in [1.29, 1.82) is 0 Å². The summed E-state index contributed by atoms with van der Waals surface area (Å²) in [6.07, 6.45) is 1.92.